The van der Waals surface area contributed by atoms with Crippen molar-refractivity contribution in [3.8, 4) is 0 Å². The Bertz CT molecular complexity index is 268. The largest absolute Gasteiger partial charge is 0.501 e. The average Bonchev–Trinajstić information content (AvgIpc) is 2.78. The van der Waals surface area contributed by atoms with Gasteiger partial charge in [0, 0.05) is 11.5 Å². The second kappa shape index (κ2) is 4.82. The van der Waals surface area contributed by atoms with Gasteiger partial charge in [-0.05, 0) is 38.0 Å². The van der Waals surface area contributed by atoms with E-state index in [0.29, 0.717) is 11.7 Å². The van der Waals surface area contributed by atoms with Gasteiger partial charge in [0.25, 0.3) is 0 Å². The summed E-state index contributed by atoms with van der Waals surface area (Å²) in [7, 11) is 0. The van der Waals surface area contributed by atoms with Gasteiger partial charge in [-0.2, -0.15) is 0 Å². The van der Waals surface area contributed by atoms with Crippen LogP contribution in [0, 0.1) is 11.8 Å². The molecule has 2 atom stereocenters. The fraction of sp³-hybridized carbons (Fsp3) is 0.769. The molecule has 0 N–H and O–H groups in total. The Labute approximate surface area is 91.7 Å². The van der Waals surface area contributed by atoms with Crippen LogP contribution < -0.4 is 0 Å². The summed E-state index contributed by atoms with van der Waals surface area (Å²) in [5, 5.41) is 0. The minimum atomic E-state index is 0.294. The van der Waals surface area contributed by atoms with Crippen molar-refractivity contribution >= 4 is 5.78 Å². The zero-order valence-electron chi connectivity index (χ0n) is 9.50. The van der Waals surface area contributed by atoms with E-state index >= 15 is 0 Å². The molecule has 1 fully saturated rings. The lowest BCUT2D eigenvalue weighted by Gasteiger charge is -2.16. The fourth-order valence-corrected chi connectivity index (χ4v) is 2.69. The first-order chi connectivity index (χ1) is 7.31. The summed E-state index contributed by atoms with van der Waals surface area (Å²) in [5.74, 6) is 1.44. The van der Waals surface area contributed by atoms with Gasteiger partial charge in [-0.25, -0.2) is 0 Å². The van der Waals surface area contributed by atoms with Crippen LogP contribution in [0.4, 0.5) is 0 Å². The fourth-order valence-electron chi connectivity index (χ4n) is 2.69. The number of hydrogen-bond acceptors (Lipinski definition) is 2. The molecule has 0 amide bonds. The number of allylic oxidation sites excluding steroid dienone is 1. The van der Waals surface area contributed by atoms with E-state index < -0.39 is 0 Å². The van der Waals surface area contributed by atoms with Crippen LogP contribution in [0.2, 0.25) is 0 Å². The third kappa shape index (κ3) is 2.42. The van der Waals surface area contributed by atoms with Crippen molar-refractivity contribution in [3.05, 3.63) is 11.8 Å². The van der Waals surface area contributed by atoms with Gasteiger partial charge < -0.3 is 4.74 Å². The summed E-state index contributed by atoms with van der Waals surface area (Å²) in [4.78, 5) is 12.1. The molecule has 1 saturated carbocycles. The average molecular weight is 208 g/mol. The van der Waals surface area contributed by atoms with Crippen LogP contribution in [-0.4, -0.2) is 12.4 Å². The molecule has 0 radical (unpaired) electrons. The Balaban J connectivity index is 1.93. The van der Waals surface area contributed by atoms with Crippen molar-refractivity contribution in [2.24, 2.45) is 11.8 Å². The minimum absolute atomic E-state index is 0.294. The van der Waals surface area contributed by atoms with Crippen LogP contribution in [0.25, 0.3) is 0 Å². The second-order valence-corrected chi connectivity index (χ2v) is 4.77. The number of carbonyl (C=O) groups is 1. The van der Waals surface area contributed by atoms with Gasteiger partial charge in [0.2, 0.25) is 0 Å². The SMILES string of the molecule is CCC1CCC(C(=O)C2=COCCC2)C1. The smallest absolute Gasteiger partial charge is 0.164 e. The van der Waals surface area contributed by atoms with Crippen LogP contribution >= 0.6 is 0 Å². The molecule has 2 unspecified atom stereocenters. The Hall–Kier alpha value is -0.790. The molecule has 2 aliphatic rings. The quantitative estimate of drug-likeness (QED) is 0.712. The van der Waals surface area contributed by atoms with Crippen LogP contribution in [0.3, 0.4) is 0 Å². The number of carbonyl (C=O) groups excluding carboxylic acids is 1. The van der Waals surface area contributed by atoms with Gasteiger partial charge in [0.1, 0.15) is 0 Å². The molecule has 0 aromatic carbocycles. The Morgan fingerprint density at radius 3 is 3.00 bits per heavy atom. The molecule has 0 aromatic rings. The zero-order valence-corrected chi connectivity index (χ0v) is 9.50. The van der Waals surface area contributed by atoms with Crippen LogP contribution in [0.1, 0.15) is 45.4 Å². The first kappa shape index (κ1) is 10.7. The highest BCUT2D eigenvalue weighted by Gasteiger charge is 2.30. The Kier molecular flexibility index (Phi) is 3.45. The molecule has 2 heteroatoms. The standard InChI is InChI=1S/C13H20O2/c1-2-10-5-6-11(8-10)13(14)12-4-3-7-15-9-12/h9-11H,2-8H2,1H3. The predicted molar refractivity (Wildman–Crippen MR) is 59.4 cm³/mol. The topological polar surface area (TPSA) is 26.3 Å². The lowest BCUT2D eigenvalue weighted by Crippen LogP contribution is -2.17. The van der Waals surface area contributed by atoms with Crippen molar-refractivity contribution in [2.75, 3.05) is 6.61 Å². The summed E-state index contributed by atoms with van der Waals surface area (Å²) in [5.41, 5.74) is 0.933. The first-order valence-corrected chi connectivity index (χ1v) is 6.16. The molecule has 2 nitrogen and oxygen atoms in total. The highest BCUT2D eigenvalue weighted by atomic mass is 16.5. The van der Waals surface area contributed by atoms with Crippen molar-refractivity contribution in [1.82, 2.24) is 0 Å². The van der Waals surface area contributed by atoms with E-state index in [1.807, 2.05) is 0 Å². The third-order valence-corrected chi connectivity index (χ3v) is 3.74. The normalized spacial score (nSPS) is 30.9. The molecular weight excluding hydrogens is 188 g/mol. The molecular formula is C13H20O2. The number of ether oxygens (including phenoxy) is 1. The Morgan fingerprint density at radius 1 is 1.53 bits per heavy atom. The van der Waals surface area contributed by atoms with Gasteiger partial charge in [-0.15, -0.1) is 0 Å². The molecule has 84 valence electrons. The van der Waals surface area contributed by atoms with E-state index in [-0.39, 0.29) is 0 Å². The van der Waals surface area contributed by atoms with Gasteiger partial charge in [0.15, 0.2) is 5.78 Å². The van der Waals surface area contributed by atoms with Crippen molar-refractivity contribution < 1.29 is 9.53 Å². The molecule has 0 saturated heterocycles. The minimum Gasteiger partial charge on any atom is -0.501 e. The molecule has 0 spiro atoms. The molecule has 15 heavy (non-hydrogen) atoms. The Morgan fingerprint density at radius 2 is 2.40 bits per heavy atom. The van der Waals surface area contributed by atoms with Crippen molar-refractivity contribution in [3.63, 3.8) is 0 Å². The summed E-state index contributed by atoms with van der Waals surface area (Å²) in [6.45, 7) is 3.00. The van der Waals surface area contributed by atoms with Crippen molar-refractivity contribution in [1.29, 1.82) is 0 Å². The first-order valence-electron chi connectivity index (χ1n) is 6.16. The molecule has 0 aromatic heterocycles. The monoisotopic (exact) mass is 208 g/mol. The highest BCUT2D eigenvalue weighted by Crippen LogP contribution is 2.35. The van der Waals surface area contributed by atoms with Crippen LogP contribution in [0.15, 0.2) is 11.8 Å². The van der Waals surface area contributed by atoms with E-state index in [1.54, 1.807) is 6.26 Å². The number of ketones is 1. The van der Waals surface area contributed by atoms with Gasteiger partial charge in [-0.3, -0.25) is 4.79 Å². The lowest BCUT2D eigenvalue weighted by atomic mass is 9.92. The van der Waals surface area contributed by atoms with Gasteiger partial charge in [0.05, 0.1) is 12.9 Å². The maximum atomic E-state index is 12.1. The van der Waals surface area contributed by atoms with Gasteiger partial charge >= 0.3 is 0 Å². The van der Waals surface area contributed by atoms with E-state index in [0.717, 1.165) is 43.8 Å². The zero-order chi connectivity index (χ0) is 10.7. The van der Waals surface area contributed by atoms with E-state index in [1.165, 1.54) is 12.8 Å². The van der Waals surface area contributed by atoms with Crippen LogP contribution in [0.5, 0.6) is 0 Å². The summed E-state index contributed by atoms with van der Waals surface area (Å²) in [6, 6.07) is 0. The van der Waals surface area contributed by atoms with Crippen LogP contribution in [-0.2, 0) is 9.53 Å². The molecule has 1 aliphatic heterocycles. The van der Waals surface area contributed by atoms with Gasteiger partial charge in [-0.1, -0.05) is 13.3 Å². The number of Topliss-reactive ketones (excluding diaryl/α,β-unsaturated/α-hetero) is 1. The third-order valence-electron chi connectivity index (χ3n) is 3.74. The molecule has 0 bridgehead atoms. The maximum absolute atomic E-state index is 12.1. The maximum Gasteiger partial charge on any atom is 0.164 e. The summed E-state index contributed by atoms with van der Waals surface area (Å²) in [6.07, 6.45) is 8.28. The predicted octanol–water partition coefficient (Wildman–Crippen LogP) is 3.08. The highest BCUT2D eigenvalue weighted by molar-refractivity contribution is 5.97. The second-order valence-electron chi connectivity index (χ2n) is 4.77. The van der Waals surface area contributed by atoms with Crippen molar-refractivity contribution in [2.45, 2.75) is 45.4 Å². The lowest BCUT2D eigenvalue weighted by molar-refractivity contribution is -0.119. The number of hydrogen-bond donors (Lipinski definition) is 0. The van der Waals surface area contributed by atoms with E-state index in [2.05, 4.69) is 6.92 Å². The number of rotatable bonds is 3. The van der Waals surface area contributed by atoms with E-state index in [9.17, 15) is 4.79 Å². The molecule has 1 heterocycles. The molecule has 1 aliphatic carbocycles. The molecule has 2 rings (SSSR count). The summed E-state index contributed by atoms with van der Waals surface area (Å²) >= 11 is 0. The van der Waals surface area contributed by atoms with E-state index in [4.69, 9.17) is 4.74 Å². The summed E-state index contributed by atoms with van der Waals surface area (Å²) < 4.78 is 5.23.